The maximum Gasteiger partial charge on any atom is 0.232 e. The molecule has 2 heterocycles. The number of aromatic nitrogens is 2. The van der Waals surface area contributed by atoms with E-state index in [1.807, 2.05) is 23.1 Å². The zero-order chi connectivity index (χ0) is 17.9. The van der Waals surface area contributed by atoms with Crippen molar-refractivity contribution in [2.24, 2.45) is 5.41 Å². The van der Waals surface area contributed by atoms with Gasteiger partial charge in [-0.2, -0.15) is 4.98 Å². The summed E-state index contributed by atoms with van der Waals surface area (Å²) in [7, 11) is 0. The molecule has 1 fully saturated rings. The van der Waals surface area contributed by atoms with Gasteiger partial charge in [-0.25, -0.2) is 0 Å². The molecule has 3 rings (SSSR count). The standard InChI is InChI=1S/C20H27N3O2/c1-20(2,3)11-9-17-21-19(25-22-17)16-13-18(24)23(14-16)12-10-15-7-5-4-6-8-15/h4-8,16H,9-14H2,1-3H3. The van der Waals surface area contributed by atoms with E-state index in [-0.39, 0.29) is 17.2 Å². The van der Waals surface area contributed by atoms with Gasteiger partial charge in [0.1, 0.15) is 0 Å². The number of rotatable bonds is 6. The van der Waals surface area contributed by atoms with E-state index in [1.54, 1.807) is 0 Å². The van der Waals surface area contributed by atoms with Crippen molar-refractivity contribution in [1.82, 2.24) is 15.0 Å². The smallest absolute Gasteiger partial charge is 0.232 e. The number of amides is 1. The molecule has 0 bridgehead atoms. The van der Waals surface area contributed by atoms with Crippen LogP contribution in [0.1, 0.15) is 56.8 Å². The van der Waals surface area contributed by atoms with Crippen LogP contribution in [0.2, 0.25) is 0 Å². The van der Waals surface area contributed by atoms with Gasteiger partial charge in [-0.05, 0) is 23.8 Å². The summed E-state index contributed by atoms with van der Waals surface area (Å²) in [5.74, 6) is 1.56. The van der Waals surface area contributed by atoms with E-state index < -0.39 is 0 Å². The van der Waals surface area contributed by atoms with Crippen LogP contribution >= 0.6 is 0 Å². The second-order valence-electron chi connectivity index (χ2n) is 8.09. The summed E-state index contributed by atoms with van der Waals surface area (Å²) < 4.78 is 5.43. The molecule has 1 amide bonds. The Balaban J connectivity index is 1.54. The molecule has 2 aromatic rings. The molecule has 0 radical (unpaired) electrons. The fourth-order valence-corrected chi connectivity index (χ4v) is 3.08. The molecule has 1 aromatic heterocycles. The van der Waals surface area contributed by atoms with Crippen molar-refractivity contribution in [1.29, 1.82) is 0 Å². The van der Waals surface area contributed by atoms with Gasteiger partial charge in [0.2, 0.25) is 11.8 Å². The Labute approximate surface area is 149 Å². The molecule has 0 spiro atoms. The molecule has 0 N–H and O–H groups in total. The maximum atomic E-state index is 12.3. The van der Waals surface area contributed by atoms with E-state index in [0.717, 1.165) is 31.6 Å². The summed E-state index contributed by atoms with van der Waals surface area (Å²) in [4.78, 5) is 18.7. The lowest BCUT2D eigenvalue weighted by atomic mass is 9.90. The molecular weight excluding hydrogens is 314 g/mol. The molecule has 134 valence electrons. The highest BCUT2D eigenvalue weighted by atomic mass is 16.5. The van der Waals surface area contributed by atoms with Crippen LogP contribution in [-0.4, -0.2) is 34.0 Å². The normalized spacial score (nSPS) is 18.1. The van der Waals surface area contributed by atoms with Crippen molar-refractivity contribution in [2.75, 3.05) is 13.1 Å². The molecule has 5 nitrogen and oxygen atoms in total. The first kappa shape index (κ1) is 17.6. The van der Waals surface area contributed by atoms with Crippen LogP contribution in [0.3, 0.4) is 0 Å². The predicted octanol–water partition coefficient (Wildman–Crippen LogP) is 3.61. The first-order chi connectivity index (χ1) is 11.9. The van der Waals surface area contributed by atoms with Gasteiger partial charge in [0.05, 0.1) is 5.92 Å². The largest absolute Gasteiger partial charge is 0.342 e. The van der Waals surface area contributed by atoms with Gasteiger partial charge in [-0.1, -0.05) is 56.3 Å². The van der Waals surface area contributed by atoms with Crippen molar-refractivity contribution >= 4 is 5.91 Å². The second-order valence-corrected chi connectivity index (χ2v) is 8.09. The molecule has 0 saturated carbocycles. The lowest BCUT2D eigenvalue weighted by Gasteiger charge is -2.16. The Morgan fingerprint density at radius 1 is 1.20 bits per heavy atom. The van der Waals surface area contributed by atoms with Crippen LogP contribution in [-0.2, 0) is 17.6 Å². The second kappa shape index (κ2) is 7.38. The molecule has 1 aromatic carbocycles. The Morgan fingerprint density at radius 2 is 1.96 bits per heavy atom. The van der Waals surface area contributed by atoms with Crippen LogP contribution < -0.4 is 0 Å². The van der Waals surface area contributed by atoms with Gasteiger partial charge in [-0.3, -0.25) is 4.79 Å². The molecular formula is C20H27N3O2. The third kappa shape index (κ3) is 4.91. The Kier molecular flexibility index (Phi) is 5.21. The summed E-state index contributed by atoms with van der Waals surface area (Å²) in [6, 6.07) is 10.3. The van der Waals surface area contributed by atoms with Crippen LogP contribution in [0.25, 0.3) is 0 Å². The minimum atomic E-state index is 0.0270. The van der Waals surface area contributed by atoms with E-state index in [0.29, 0.717) is 18.9 Å². The highest BCUT2D eigenvalue weighted by Crippen LogP contribution is 2.28. The van der Waals surface area contributed by atoms with Crippen molar-refractivity contribution in [3.05, 3.63) is 47.6 Å². The fraction of sp³-hybridized carbons (Fsp3) is 0.550. The Morgan fingerprint density at radius 3 is 2.68 bits per heavy atom. The van der Waals surface area contributed by atoms with Crippen LogP contribution in [0.15, 0.2) is 34.9 Å². The number of aryl methyl sites for hydroxylation is 1. The third-order valence-corrected chi connectivity index (χ3v) is 4.66. The summed E-state index contributed by atoms with van der Waals surface area (Å²) in [5, 5.41) is 4.09. The minimum Gasteiger partial charge on any atom is -0.342 e. The van der Waals surface area contributed by atoms with Crippen molar-refractivity contribution in [2.45, 2.75) is 52.4 Å². The lowest BCUT2D eigenvalue weighted by Crippen LogP contribution is -2.27. The van der Waals surface area contributed by atoms with Gasteiger partial charge >= 0.3 is 0 Å². The van der Waals surface area contributed by atoms with Crippen LogP contribution in [0, 0.1) is 5.41 Å². The lowest BCUT2D eigenvalue weighted by molar-refractivity contribution is -0.127. The number of benzene rings is 1. The Hall–Kier alpha value is -2.17. The fourth-order valence-electron chi connectivity index (χ4n) is 3.08. The van der Waals surface area contributed by atoms with Gasteiger partial charge in [0.25, 0.3) is 0 Å². The molecule has 1 aliphatic rings. The van der Waals surface area contributed by atoms with E-state index in [2.05, 4.69) is 43.0 Å². The topological polar surface area (TPSA) is 59.2 Å². The quantitative estimate of drug-likeness (QED) is 0.805. The molecule has 1 aliphatic heterocycles. The number of nitrogens with zero attached hydrogens (tertiary/aromatic N) is 3. The molecule has 1 unspecified atom stereocenters. The van der Waals surface area contributed by atoms with Crippen molar-refractivity contribution in [3.8, 4) is 0 Å². The summed E-state index contributed by atoms with van der Waals surface area (Å²) in [6.45, 7) is 8.02. The summed E-state index contributed by atoms with van der Waals surface area (Å²) in [5.41, 5.74) is 1.50. The third-order valence-electron chi connectivity index (χ3n) is 4.66. The molecule has 0 aliphatic carbocycles. The Bertz CT molecular complexity index is 703. The summed E-state index contributed by atoms with van der Waals surface area (Å²) >= 11 is 0. The van der Waals surface area contributed by atoms with Gasteiger partial charge in [0, 0.05) is 25.9 Å². The first-order valence-electron chi connectivity index (χ1n) is 9.05. The highest BCUT2D eigenvalue weighted by Gasteiger charge is 2.34. The zero-order valence-electron chi connectivity index (χ0n) is 15.4. The van der Waals surface area contributed by atoms with Crippen molar-refractivity contribution < 1.29 is 9.32 Å². The zero-order valence-corrected chi connectivity index (χ0v) is 15.4. The number of hydrogen-bond donors (Lipinski definition) is 0. The average molecular weight is 341 g/mol. The monoisotopic (exact) mass is 341 g/mol. The highest BCUT2D eigenvalue weighted by molar-refractivity contribution is 5.79. The van der Waals surface area contributed by atoms with Crippen LogP contribution in [0.5, 0.6) is 0 Å². The molecule has 5 heteroatoms. The summed E-state index contributed by atoms with van der Waals surface area (Å²) in [6.07, 6.45) is 3.17. The first-order valence-corrected chi connectivity index (χ1v) is 9.05. The molecule has 1 saturated heterocycles. The maximum absolute atomic E-state index is 12.3. The molecule has 25 heavy (non-hydrogen) atoms. The number of carbonyl (C=O) groups is 1. The van der Waals surface area contributed by atoms with E-state index in [1.165, 1.54) is 5.56 Å². The number of hydrogen-bond acceptors (Lipinski definition) is 4. The molecule has 1 atom stereocenters. The number of likely N-dealkylation sites (tertiary alicyclic amines) is 1. The van der Waals surface area contributed by atoms with Gasteiger partial charge < -0.3 is 9.42 Å². The predicted molar refractivity (Wildman–Crippen MR) is 96.2 cm³/mol. The van der Waals surface area contributed by atoms with E-state index in [9.17, 15) is 4.79 Å². The minimum absolute atomic E-state index is 0.0270. The van der Waals surface area contributed by atoms with Crippen LogP contribution in [0.4, 0.5) is 0 Å². The SMILES string of the molecule is CC(C)(C)CCc1noc(C2CC(=O)N(CCc3ccccc3)C2)n1. The average Bonchev–Trinajstić information content (AvgIpc) is 3.18. The van der Waals surface area contributed by atoms with Gasteiger partial charge in [0.15, 0.2) is 5.82 Å². The number of carbonyl (C=O) groups excluding carboxylic acids is 1. The van der Waals surface area contributed by atoms with E-state index in [4.69, 9.17) is 4.52 Å². The van der Waals surface area contributed by atoms with E-state index >= 15 is 0 Å². The van der Waals surface area contributed by atoms with Gasteiger partial charge in [-0.15, -0.1) is 0 Å². The van der Waals surface area contributed by atoms with Crippen molar-refractivity contribution in [3.63, 3.8) is 0 Å².